The SMILES string of the molecule is CC(C)NCc1cccc(CN(C)c2ccccc2F)c1. The molecule has 2 rings (SSSR count). The molecule has 0 aliphatic carbocycles. The van der Waals surface area contributed by atoms with Crippen molar-refractivity contribution in [2.24, 2.45) is 0 Å². The van der Waals surface area contributed by atoms with Crippen molar-refractivity contribution in [1.82, 2.24) is 5.32 Å². The van der Waals surface area contributed by atoms with Gasteiger partial charge >= 0.3 is 0 Å². The third kappa shape index (κ3) is 4.57. The number of halogens is 1. The number of nitrogens with zero attached hydrogens (tertiary/aromatic N) is 1. The van der Waals surface area contributed by atoms with Crippen LogP contribution in [0.3, 0.4) is 0 Å². The first-order chi connectivity index (χ1) is 10.1. The molecule has 1 N–H and O–H groups in total. The fourth-order valence-corrected chi connectivity index (χ4v) is 2.28. The van der Waals surface area contributed by atoms with E-state index in [9.17, 15) is 4.39 Å². The fourth-order valence-electron chi connectivity index (χ4n) is 2.28. The smallest absolute Gasteiger partial charge is 0.146 e. The first-order valence-corrected chi connectivity index (χ1v) is 7.33. The van der Waals surface area contributed by atoms with Crippen molar-refractivity contribution < 1.29 is 4.39 Å². The Bertz CT molecular complexity index is 581. The average Bonchev–Trinajstić information content (AvgIpc) is 2.46. The van der Waals surface area contributed by atoms with E-state index >= 15 is 0 Å². The molecule has 0 amide bonds. The second-order valence-electron chi connectivity index (χ2n) is 5.66. The van der Waals surface area contributed by atoms with Crippen LogP contribution in [-0.2, 0) is 13.1 Å². The van der Waals surface area contributed by atoms with E-state index in [0.29, 0.717) is 18.3 Å². The van der Waals surface area contributed by atoms with Gasteiger partial charge in [0.1, 0.15) is 5.82 Å². The molecule has 112 valence electrons. The molecule has 0 atom stereocenters. The van der Waals surface area contributed by atoms with Crippen LogP contribution < -0.4 is 10.2 Å². The summed E-state index contributed by atoms with van der Waals surface area (Å²) >= 11 is 0. The number of rotatable bonds is 6. The topological polar surface area (TPSA) is 15.3 Å². The quantitative estimate of drug-likeness (QED) is 0.864. The van der Waals surface area contributed by atoms with Crippen molar-refractivity contribution in [1.29, 1.82) is 0 Å². The summed E-state index contributed by atoms with van der Waals surface area (Å²) in [7, 11) is 1.91. The van der Waals surface area contributed by atoms with Crippen LogP contribution >= 0.6 is 0 Å². The molecule has 2 aromatic rings. The summed E-state index contributed by atoms with van der Waals surface area (Å²) < 4.78 is 13.8. The Balaban J connectivity index is 2.05. The minimum atomic E-state index is -0.183. The molecule has 2 aromatic carbocycles. The first-order valence-electron chi connectivity index (χ1n) is 7.33. The average molecular weight is 286 g/mol. The zero-order valence-corrected chi connectivity index (χ0v) is 12.9. The number of benzene rings is 2. The number of hydrogen-bond donors (Lipinski definition) is 1. The minimum absolute atomic E-state index is 0.183. The van der Waals surface area contributed by atoms with Gasteiger partial charge in [0.15, 0.2) is 0 Å². The zero-order valence-electron chi connectivity index (χ0n) is 12.9. The molecule has 3 heteroatoms. The van der Waals surface area contributed by atoms with E-state index in [0.717, 1.165) is 6.54 Å². The van der Waals surface area contributed by atoms with E-state index in [1.807, 2.05) is 18.0 Å². The highest BCUT2D eigenvalue weighted by Crippen LogP contribution is 2.19. The normalized spacial score (nSPS) is 10.9. The Hall–Kier alpha value is -1.87. The molecule has 0 spiro atoms. The summed E-state index contributed by atoms with van der Waals surface area (Å²) in [5.74, 6) is -0.183. The third-order valence-electron chi connectivity index (χ3n) is 3.39. The Morgan fingerprint density at radius 3 is 2.48 bits per heavy atom. The molecule has 0 unspecified atom stereocenters. The molecule has 0 fully saturated rings. The van der Waals surface area contributed by atoms with Crippen LogP contribution in [0.2, 0.25) is 0 Å². The Morgan fingerprint density at radius 2 is 1.76 bits per heavy atom. The largest absolute Gasteiger partial charge is 0.368 e. The van der Waals surface area contributed by atoms with Gasteiger partial charge in [-0.2, -0.15) is 0 Å². The van der Waals surface area contributed by atoms with Gasteiger partial charge in [-0.1, -0.05) is 50.2 Å². The molecule has 0 aromatic heterocycles. The van der Waals surface area contributed by atoms with Crippen LogP contribution in [0.1, 0.15) is 25.0 Å². The lowest BCUT2D eigenvalue weighted by Gasteiger charge is -2.20. The zero-order chi connectivity index (χ0) is 15.2. The maximum atomic E-state index is 13.8. The Kier molecular flexibility index (Phi) is 5.34. The summed E-state index contributed by atoms with van der Waals surface area (Å²) in [5.41, 5.74) is 3.06. The second kappa shape index (κ2) is 7.23. The summed E-state index contributed by atoms with van der Waals surface area (Å²) in [4.78, 5) is 1.93. The van der Waals surface area contributed by atoms with Crippen LogP contribution in [-0.4, -0.2) is 13.1 Å². The predicted molar refractivity (Wildman–Crippen MR) is 86.9 cm³/mol. The molecule has 0 aliphatic heterocycles. The lowest BCUT2D eigenvalue weighted by molar-refractivity contribution is 0.588. The van der Waals surface area contributed by atoms with Crippen LogP contribution in [0.25, 0.3) is 0 Å². The Labute approximate surface area is 126 Å². The molecule has 0 aliphatic rings. The van der Waals surface area contributed by atoms with Gasteiger partial charge < -0.3 is 10.2 Å². The standard InChI is InChI=1S/C18H23FN2/c1-14(2)20-12-15-7-6-8-16(11-15)13-21(3)18-10-5-4-9-17(18)19/h4-11,14,20H,12-13H2,1-3H3. The van der Waals surface area contributed by atoms with Gasteiger partial charge in [0.25, 0.3) is 0 Å². The number of anilines is 1. The van der Waals surface area contributed by atoms with Gasteiger partial charge in [-0.25, -0.2) is 4.39 Å². The second-order valence-corrected chi connectivity index (χ2v) is 5.66. The highest BCUT2D eigenvalue weighted by atomic mass is 19.1. The monoisotopic (exact) mass is 286 g/mol. The molecule has 0 heterocycles. The highest BCUT2D eigenvalue weighted by molar-refractivity contribution is 5.47. The van der Waals surface area contributed by atoms with E-state index in [1.54, 1.807) is 12.1 Å². The molecule has 2 nitrogen and oxygen atoms in total. The van der Waals surface area contributed by atoms with E-state index in [1.165, 1.54) is 17.2 Å². The molecule has 0 bridgehead atoms. The van der Waals surface area contributed by atoms with Crippen LogP contribution in [0.15, 0.2) is 48.5 Å². The maximum Gasteiger partial charge on any atom is 0.146 e. The lowest BCUT2D eigenvalue weighted by atomic mass is 10.1. The predicted octanol–water partition coefficient (Wildman–Crippen LogP) is 3.96. The van der Waals surface area contributed by atoms with Gasteiger partial charge in [0.05, 0.1) is 5.69 Å². The number of para-hydroxylation sites is 1. The molecule has 0 radical (unpaired) electrons. The van der Waals surface area contributed by atoms with Gasteiger partial charge in [-0.05, 0) is 23.3 Å². The van der Waals surface area contributed by atoms with Gasteiger partial charge in [-0.3, -0.25) is 0 Å². The fraction of sp³-hybridized carbons (Fsp3) is 0.333. The van der Waals surface area contributed by atoms with Crippen molar-refractivity contribution >= 4 is 5.69 Å². The van der Waals surface area contributed by atoms with E-state index < -0.39 is 0 Å². The van der Waals surface area contributed by atoms with Gasteiger partial charge in [0, 0.05) is 26.2 Å². The number of hydrogen-bond acceptors (Lipinski definition) is 2. The molecular weight excluding hydrogens is 263 g/mol. The van der Waals surface area contributed by atoms with Crippen LogP contribution in [0, 0.1) is 5.82 Å². The summed E-state index contributed by atoms with van der Waals surface area (Å²) in [6, 6.07) is 15.8. The summed E-state index contributed by atoms with van der Waals surface area (Å²) in [6.45, 7) is 5.82. The van der Waals surface area contributed by atoms with E-state index in [-0.39, 0.29) is 5.82 Å². The highest BCUT2D eigenvalue weighted by Gasteiger charge is 2.07. The van der Waals surface area contributed by atoms with Crippen molar-refractivity contribution in [3.05, 3.63) is 65.5 Å². The maximum absolute atomic E-state index is 13.8. The van der Waals surface area contributed by atoms with Crippen molar-refractivity contribution in [3.8, 4) is 0 Å². The van der Waals surface area contributed by atoms with Crippen LogP contribution in [0.5, 0.6) is 0 Å². The third-order valence-corrected chi connectivity index (χ3v) is 3.39. The first kappa shape index (κ1) is 15.5. The van der Waals surface area contributed by atoms with Crippen LogP contribution in [0.4, 0.5) is 10.1 Å². The molecule has 0 saturated carbocycles. The molecular formula is C18H23FN2. The van der Waals surface area contributed by atoms with E-state index in [2.05, 4.69) is 43.4 Å². The molecule has 0 saturated heterocycles. The Morgan fingerprint density at radius 1 is 1.05 bits per heavy atom. The molecule has 21 heavy (non-hydrogen) atoms. The van der Waals surface area contributed by atoms with Crippen molar-refractivity contribution in [2.75, 3.05) is 11.9 Å². The summed E-state index contributed by atoms with van der Waals surface area (Å²) in [5, 5.41) is 3.41. The minimum Gasteiger partial charge on any atom is -0.368 e. The number of nitrogens with one attached hydrogen (secondary N) is 1. The summed E-state index contributed by atoms with van der Waals surface area (Å²) in [6.07, 6.45) is 0. The lowest BCUT2D eigenvalue weighted by Crippen LogP contribution is -2.22. The van der Waals surface area contributed by atoms with Crippen molar-refractivity contribution in [2.45, 2.75) is 33.0 Å². The van der Waals surface area contributed by atoms with Crippen molar-refractivity contribution in [3.63, 3.8) is 0 Å². The van der Waals surface area contributed by atoms with Gasteiger partial charge in [-0.15, -0.1) is 0 Å². The van der Waals surface area contributed by atoms with Gasteiger partial charge in [0.2, 0.25) is 0 Å². The van der Waals surface area contributed by atoms with E-state index in [4.69, 9.17) is 0 Å².